The zero-order valence-corrected chi connectivity index (χ0v) is 16.8. The molecule has 2 aliphatic rings. The number of benzene rings is 1. The van der Waals surface area contributed by atoms with Crippen LogP contribution in [0.5, 0.6) is 5.75 Å². The molecule has 150 valence electrons. The maximum Gasteiger partial charge on any atom is 0.226 e. The van der Waals surface area contributed by atoms with Crippen molar-refractivity contribution in [2.75, 3.05) is 51.8 Å². The topological polar surface area (TPSA) is 65.0 Å². The largest absolute Gasteiger partial charge is 0.497 e. The number of ether oxygens (including phenoxy) is 1. The first-order chi connectivity index (χ1) is 12.9. The monoisotopic (exact) mass is 375 g/mol. The second-order valence-corrected chi connectivity index (χ2v) is 8.36. The fraction of sp³-hybridized carbons (Fsp3) is 0.667. The van der Waals surface area contributed by atoms with Gasteiger partial charge in [0, 0.05) is 38.9 Å². The van der Waals surface area contributed by atoms with Gasteiger partial charge in [0.05, 0.1) is 18.1 Å². The van der Waals surface area contributed by atoms with E-state index in [1.54, 1.807) is 14.2 Å². The summed E-state index contributed by atoms with van der Waals surface area (Å²) in [4.78, 5) is 16.8. The van der Waals surface area contributed by atoms with Crippen LogP contribution in [0, 0.1) is 5.41 Å². The van der Waals surface area contributed by atoms with E-state index in [0.29, 0.717) is 6.54 Å². The maximum absolute atomic E-state index is 12.2. The number of methoxy groups -OCH3 is 1. The van der Waals surface area contributed by atoms with Gasteiger partial charge in [-0.1, -0.05) is 0 Å². The van der Waals surface area contributed by atoms with Crippen molar-refractivity contribution in [2.24, 2.45) is 5.41 Å². The highest BCUT2D eigenvalue weighted by Gasteiger charge is 2.41. The van der Waals surface area contributed by atoms with E-state index in [1.165, 1.54) is 5.69 Å². The lowest BCUT2D eigenvalue weighted by molar-refractivity contribution is -0.134. The fourth-order valence-corrected chi connectivity index (χ4v) is 4.52. The third kappa shape index (κ3) is 4.55. The molecule has 6 nitrogen and oxygen atoms in total. The molecule has 6 heteroatoms. The number of carbonyl (C=O) groups excluding carboxylic acids is 1. The summed E-state index contributed by atoms with van der Waals surface area (Å²) >= 11 is 0. The number of amides is 1. The molecular weight excluding hydrogens is 342 g/mol. The summed E-state index contributed by atoms with van der Waals surface area (Å²) in [7, 11) is 3.38. The lowest BCUT2D eigenvalue weighted by Gasteiger charge is -2.45. The fourth-order valence-electron chi connectivity index (χ4n) is 4.52. The normalized spacial score (nSPS) is 25.9. The Labute approximate surface area is 162 Å². The number of likely N-dealkylation sites (tertiary alicyclic amines) is 1. The Morgan fingerprint density at radius 2 is 1.85 bits per heavy atom. The van der Waals surface area contributed by atoms with Crippen molar-refractivity contribution < 1.29 is 14.6 Å². The summed E-state index contributed by atoms with van der Waals surface area (Å²) in [5.41, 5.74) is 0.139. The number of hydrogen-bond donors (Lipinski definition) is 2. The van der Waals surface area contributed by atoms with Crippen molar-refractivity contribution >= 4 is 11.6 Å². The second kappa shape index (κ2) is 8.07. The molecule has 0 aromatic heterocycles. The van der Waals surface area contributed by atoms with E-state index in [9.17, 15) is 9.90 Å². The van der Waals surface area contributed by atoms with Crippen LogP contribution in [0.1, 0.15) is 32.6 Å². The Kier molecular flexibility index (Phi) is 5.96. The molecule has 2 heterocycles. The molecule has 2 aliphatic heterocycles. The molecule has 0 unspecified atom stereocenters. The summed E-state index contributed by atoms with van der Waals surface area (Å²) in [5, 5.41) is 13.9. The first-order valence-corrected chi connectivity index (χ1v) is 9.93. The summed E-state index contributed by atoms with van der Waals surface area (Å²) in [6.07, 6.45) is 3.39. The number of aliphatic hydroxyl groups is 1. The standard InChI is InChI=1S/C21H33N3O3/c1-20(19(25)22-2)9-4-12-23(15-20)16-21(26)10-13-24(14-11-21)17-5-7-18(27-3)8-6-17/h5-8,26H,4,9-16H2,1-3H3,(H,22,25)/t20-/m0/s1. The molecule has 0 bridgehead atoms. The molecule has 0 radical (unpaired) electrons. The number of piperidine rings is 2. The molecule has 1 aromatic carbocycles. The van der Waals surface area contributed by atoms with E-state index in [0.717, 1.165) is 57.6 Å². The van der Waals surface area contributed by atoms with Crippen LogP contribution < -0.4 is 15.0 Å². The zero-order chi connectivity index (χ0) is 19.5. The summed E-state index contributed by atoms with van der Waals surface area (Å²) in [5.74, 6) is 0.963. The van der Waals surface area contributed by atoms with E-state index < -0.39 is 5.60 Å². The van der Waals surface area contributed by atoms with Crippen molar-refractivity contribution in [3.63, 3.8) is 0 Å². The summed E-state index contributed by atoms with van der Waals surface area (Å²) in [6, 6.07) is 8.10. The zero-order valence-electron chi connectivity index (χ0n) is 16.8. The van der Waals surface area contributed by atoms with Crippen LogP contribution in [0.15, 0.2) is 24.3 Å². The van der Waals surface area contributed by atoms with E-state index in [1.807, 2.05) is 19.1 Å². The van der Waals surface area contributed by atoms with Gasteiger partial charge in [0.1, 0.15) is 5.75 Å². The third-order valence-corrected chi connectivity index (χ3v) is 6.20. The number of nitrogens with one attached hydrogen (secondary N) is 1. The molecule has 0 spiro atoms. The number of hydrogen-bond acceptors (Lipinski definition) is 5. The van der Waals surface area contributed by atoms with Gasteiger partial charge in [-0.25, -0.2) is 0 Å². The minimum absolute atomic E-state index is 0.105. The van der Waals surface area contributed by atoms with Crippen LogP contribution in [-0.4, -0.2) is 68.4 Å². The molecule has 2 fully saturated rings. The average Bonchev–Trinajstić information content (AvgIpc) is 2.68. The molecular formula is C21H33N3O3. The molecule has 0 aliphatic carbocycles. The predicted molar refractivity (Wildman–Crippen MR) is 107 cm³/mol. The van der Waals surface area contributed by atoms with Crippen molar-refractivity contribution in [2.45, 2.75) is 38.2 Å². The summed E-state index contributed by atoms with van der Waals surface area (Å²) < 4.78 is 5.22. The lowest BCUT2D eigenvalue weighted by Crippen LogP contribution is -2.56. The highest BCUT2D eigenvalue weighted by atomic mass is 16.5. The smallest absolute Gasteiger partial charge is 0.226 e. The van der Waals surface area contributed by atoms with Crippen LogP contribution >= 0.6 is 0 Å². The second-order valence-electron chi connectivity index (χ2n) is 8.36. The molecule has 2 saturated heterocycles. The van der Waals surface area contributed by atoms with Crippen LogP contribution in [0.25, 0.3) is 0 Å². The molecule has 3 rings (SSSR count). The number of rotatable bonds is 5. The van der Waals surface area contributed by atoms with Gasteiger partial charge < -0.3 is 20.1 Å². The Balaban J connectivity index is 1.56. The van der Waals surface area contributed by atoms with Gasteiger partial charge in [-0.3, -0.25) is 9.69 Å². The van der Waals surface area contributed by atoms with Gasteiger partial charge in [0.25, 0.3) is 0 Å². The first-order valence-electron chi connectivity index (χ1n) is 9.93. The van der Waals surface area contributed by atoms with Gasteiger partial charge in [-0.15, -0.1) is 0 Å². The van der Waals surface area contributed by atoms with Gasteiger partial charge in [-0.05, 0) is 63.4 Å². The van der Waals surface area contributed by atoms with E-state index in [4.69, 9.17) is 4.74 Å². The minimum atomic E-state index is -0.677. The van der Waals surface area contributed by atoms with Gasteiger partial charge in [0.2, 0.25) is 5.91 Å². The Morgan fingerprint density at radius 3 is 2.44 bits per heavy atom. The van der Waals surface area contributed by atoms with Crippen LogP contribution in [0.4, 0.5) is 5.69 Å². The SMILES string of the molecule is CNC(=O)[C@@]1(C)CCCN(CC2(O)CCN(c3ccc(OC)cc3)CC2)C1. The highest BCUT2D eigenvalue weighted by Crippen LogP contribution is 2.33. The quantitative estimate of drug-likeness (QED) is 0.823. The molecule has 27 heavy (non-hydrogen) atoms. The Bertz CT molecular complexity index is 641. The van der Waals surface area contributed by atoms with Gasteiger partial charge in [0.15, 0.2) is 0 Å². The van der Waals surface area contributed by atoms with E-state index in [-0.39, 0.29) is 11.3 Å². The van der Waals surface area contributed by atoms with Crippen LogP contribution in [-0.2, 0) is 4.79 Å². The minimum Gasteiger partial charge on any atom is -0.497 e. The molecule has 1 atom stereocenters. The maximum atomic E-state index is 12.2. The number of β-amino-alcohol motifs (C(OH)–C–C–N with tert-alkyl or cyclic N) is 1. The van der Waals surface area contributed by atoms with Crippen LogP contribution in [0.2, 0.25) is 0 Å². The van der Waals surface area contributed by atoms with E-state index >= 15 is 0 Å². The molecule has 1 amide bonds. The van der Waals surface area contributed by atoms with Gasteiger partial charge in [-0.2, -0.15) is 0 Å². The Morgan fingerprint density at radius 1 is 1.19 bits per heavy atom. The van der Waals surface area contributed by atoms with Crippen molar-refractivity contribution in [1.82, 2.24) is 10.2 Å². The molecule has 1 aromatic rings. The number of nitrogens with zero attached hydrogens (tertiary/aromatic N) is 2. The van der Waals surface area contributed by atoms with E-state index in [2.05, 4.69) is 27.2 Å². The average molecular weight is 376 g/mol. The third-order valence-electron chi connectivity index (χ3n) is 6.20. The molecule has 2 N–H and O–H groups in total. The lowest BCUT2D eigenvalue weighted by atomic mass is 9.80. The first kappa shape index (κ1) is 20.0. The van der Waals surface area contributed by atoms with Crippen LogP contribution in [0.3, 0.4) is 0 Å². The predicted octanol–water partition coefficient (Wildman–Crippen LogP) is 1.87. The summed E-state index contributed by atoms with van der Waals surface area (Å²) in [6.45, 7) is 6.03. The van der Waals surface area contributed by atoms with Gasteiger partial charge >= 0.3 is 0 Å². The highest BCUT2D eigenvalue weighted by molar-refractivity contribution is 5.82. The molecule has 0 saturated carbocycles. The number of carbonyl (C=O) groups is 1. The van der Waals surface area contributed by atoms with Crippen molar-refractivity contribution in [3.8, 4) is 5.75 Å². The number of anilines is 1. The van der Waals surface area contributed by atoms with Crippen molar-refractivity contribution in [1.29, 1.82) is 0 Å². The Hall–Kier alpha value is -1.79. The van der Waals surface area contributed by atoms with Crippen molar-refractivity contribution in [3.05, 3.63) is 24.3 Å².